The van der Waals surface area contributed by atoms with Gasteiger partial charge in [0, 0.05) is 6.10 Å². The fourth-order valence-electron chi connectivity index (χ4n) is 7.06. The Labute approximate surface area is 190 Å². The molecule has 5 heteroatoms. The number of hydrogen-bond donors (Lipinski definition) is 1. The van der Waals surface area contributed by atoms with Gasteiger partial charge in [-0.3, -0.25) is 9.59 Å². The monoisotopic (exact) mass is 448 g/mol. The molecule has 4 atom stereocenters. The number of aliphatic carboxylic acids is 1. The van der Waals surface area contributed by atoms with Crippen LogP contribution in [0.1, 0.15) is 86.5 Å². The van der Waals surface area contributed by atoms with Crippen LogP contribution in [0, 0.1) is 28.1 Å². The fourth-order valence-corrected chi connectivity index (χ4v) is 9.98. The molecule has 0 amide bonds. The highest BCUT2D eigenvalue weighted by Crippen LogP contribution is 2.61. The number of allylic oxidation sites excluding steroid dienone is 2. The summed E-state index contributed by atoms with van der Waals surface area (Å²) in [4.78, 5) is 24.1. The first kappa shape index (κ1) is 24.7. The third-order valence-corrected chi connectivity index (χ3v) is 14.3. The van der Waals surface area contributed by atoms with Crippen LogP contribution in [0.2, 0.25) is 18.1 Å². The molecule has 0 aliphatic heterocycles. The topological polar surface area (TPSA) is 63.6 Å². The van der Waals surface area contributed by atoms with Crippen molar-refractivity contribution in [3.8, 4) is 0 Å². The molecule has 0 heterocycles. The maximum absolute atomic E-state index is 12.6. The lowest BCUT2D eigenvalue weighted by atomic mass is 9.58. The summed E-state index contributed by atoms with van der Waals surface area (Å²) in [7, 11) is -1.63. The highest BCUT2D eigenvalue weighted by molar-refractivity contribution is 6.73. The summed E-state index contributed by atoms with van der Waals surface area (Å²) in [5, 5.41) is 9.43. The Kier molecular flexibility index (Phi) is 6.99. The Balaban J connectivity index is 1.77. The molecule has 1 N–H and O–H groups in total. The third-order valence-electron chi connectivity index (χ3n) is 9.59. The molecule has 3 saturated carbocycles. The van der Waals surface area contributed by atoms with Crippen LogP contribution >= 0.6 is 0 Å². The molecule has 0 aromatic carbocycles. The number of carboxylic acids is 1. The van der Waals surface area contributed by atoms with Crippen molar-refractivity contribution < 1.29 is 19.1 Å². The molecule has 4 nitrogen and oxygen atoms in total. The maximum atomic E-state index is 12.6. The summed E-state index contributed by atoms with van der Waals surface area (Å²) < 4.78 is 7.05. The van der Waals surface area contributed by atoms with E-state index in [1.165, 1.54) is 43.8 Å². The molecule has 0 bridgehead atoms. The second kappa shape index (κ2) is 8.77. The minimum absolute atomic E-state index is 0.135. The first-order valence-corrected chi connectivity index (χ1v) is 15.2. The molecule has 0 saturated heterocycles. The molecule has 176 valence electrons. The third kappa shape index (κ3) is 4.33. The Morgan fingerprint density at radius 3 is 2.19 bits per heavy atom. The van der Waals surface area contributed by atoms with Crippen LogP contribution in [0.15, 0.2) is 12.2 Å². The largest absolute Gasteiger partial charge is 0.480 e. The van der Waals surface area contributed by atoms with Crippen molar-refractivity contribution >= 4 is 20.1 Å². The average Bonchev–Trinajstić information content (AvgIpc) is 3.47. The standard InChI is InChI=1S/C26H44O4Si/c1-7-31(8-2,9-3)30-20-11-10-15-25(6)19(20)12-13-21(25)24(4,5)16-14-22(27)26(17-18-26)23(28)29/h14,16,19-21H,7-13,15,17-18H2,1-6H3,(H,28,29)/b16-14+/t19-,20-,21?,25-/m1/s1. The van der Waals surface area contributed by atoms with Crippen molar-refractivity contribution in [1.82, 2.24) is 0 Å². The lowest BCUT2D eigenvalue weighted by Crippen LogP contribution is -2.49. The summed E-state index contributed by atoms with van der Waals surface area (Å²) in [6, 6.07) is 3.60. The zero-order chi connectivity index (χ0) is 23.1. The molecule has 31 heavy (non-hydrogen) atoms. The fraction of sp³-hybridized carbons (Fsp3) is 0.846. The number of hydrogen-bond acceptors (Lipinski definition) is 3. The average molecular weight is 449 g/mol. The number of carboxylic acid groups (broad SMARTS) is 1. The van der Waals surface area contributed by atoms with Crippen LogP contribution in [0.5, 0.6) is 0 Å². The lowest BCUT2D eigenvalue weighted by Gasteiger charge is -2.50. The predicted molar refractivity (Wildman–Crippen MR) is 127 cm³/mol. The van der Waals surface area contributed by atoms with Gasteiger partial charge < -0.3 is 9.53 Å². The van der Waals surface area contributed by atoms with Gasteiger partial charge in [-0.15, -0.1) is 0 Å². The van der Waals surface area contributed by atoms with Gasteiger partial charge >= 0.3 is 5.97 Å². The van der Waals surface area contributed by atoms with Gasteiger partial charge in [-0.2, -0.15) is 0 Å². The van der Waals surface area contributed by atoms with E-state index in [2.05, 4.69) is 41.5 Å². The molecule has 0 spiro atoms. The summed E-state index contributed by atoms with van der Waals surface area (Å²) in [5.74, 6) is -0.0980. The Morgan fingerprint density at radius 2 is 1.68 bits per heavy atom. The zero-order valence-corrected chi connectivity index (χ0v) is 21.6. The molecular weight excluding hydrogens is 404 g/mol. The number of carbonyl (C=O) groups excluding carboxylic acids is 1. The SMILES string of the molecule is CC[Si](CC)(CC)O[C@@H]1CCC[C@@]2(C)C(C(C)(C)/C=C/C(=O)C3(C(=O)O)CC3)CC[C@H]12. The van der Waals surface area contributed by atoms with Gasteiger partial charge in [-0.25, -0.2) is 0 Å². The van der Waals surface area contributed by atoms with Crippen LogP contribution < -0.4 is 0 Å². The van der Waals surface area contributed by atoms with E-state index in [-0.39, 0.29) is 16.6 Å². The van der Waals surface area contributed by atoms with E-state index in [4.69, 9.17) is 4.43 Å². The van der Waals surface area contributed by atoms with E-state index >= 15 is 0 Å². The highest BCUT2D eigenvalue weighted by Gasteiger charge is 2.57. The molecule has 0 aromatic heterocycles. The number of rotatable bonds is 10. The van der Waals surface area contributed by atoms with Gasteiger partial charge in [-0.1, -0.05) is 54.0 Å². The second-order valence-electron chi connectivity index (χ2n) is 11.4. The minimum atomic E-state index is -1.63. The van der Waals surface area contributed by atoms with Crippen LogP contribution in [0.25, 0.3) is 0 Å². The van der Waals surface area contributed by atoms with Crippen molar-refractivity contribution in [2.75, 3.05) is 0 Å². The van der Waals surface area contributed by atoms with Gasteiger partial charge in [0.1, 0.15) is 5.41 Å². The Hall–Kier alpha value is -0.943. The van der Waals surface area contributed by atoms with E-state index in [1.807, 2.05) is 6.08 Å². The van der Waals surface area contributed by atoms with Crippen LogP contribution in [0.4, 0.5) is 0 Å². The quantitative estimate of drug-likeness (QED) is 0.232. The van der Waals surface area contributed by atoms with Gasteiger partial charge in [0.2, 0.25) is 0 Å². The van der Waals surface area contributed by atoms with E-state index < -0.39 is 19.7 Å². The summed E-state index contributed by atoms with van der Waals surface area (Å²) in [6.07, 6.45) is 11.0. The summed E-state index contributed by atoms with van der Waals surface area (Å²) in [5.41, 5.74) is -1.05. The summed E-state index contributed by atoms with van der Waals surface area (Å²) >= 11 is 0. The number of carbonyl (C=O) groups is 2. The highest BCUT2D eigenvalue weighted by atomic mass is 28.4. The molecule has 3 aliphatic carbocycles. The zero-order valence-electron chi connectivity index (χ0n) is 20.6. The molecule has 1 unspecified atom stereocenters. The number of ketones is 1. The lowest BCUT2D eigenvalue weighted by molar-refractivity contribution is -0.146. The van der Waals surface area contributed by atoms with Crippen molar-refractivity contribution in [2.24, 2.45) is 28.1 Å². The van der Waals surface area contributed by atoms with E-state index in [0.29, 0.717) is 30.8 Å². The van der Waals surface area contributed by atoms with Gasteiger partial charge in [0.05, 0.1) is 0 Å². The predicted octanol–water partition coefficient (Wildman–Crippen LogP) is 6.61. The molecule has 3 fully saturated rings. The molecule has 3 rings (SSSR count). The van der Waals surface area contributed by atoms with Crippen molar-refractivity contribution in [3.63, 3.8) is 0 Å². The van der Waals surface area contributed by atoms with Gasteiger partial charge in [0.25, 0.3) is 0 Å². The molecule has 0 aromatic rings. The maximum Gasteiger partial charge on any atom is 0.317 e. The van der Waals surface area contributed by atoms with Crippen LogP contribution in [-0.4, -0.2) is 31.3 Å². The minimum Gasteiger partial charge on any atom is -0.480 e. The van der Waals surface area contributed by atoms with Crippen LogP contribution in [-0.2, 0) is 14.0 Å². The number of fused-ring (bicyclic) bond motifs is 1. The van der Waals surface area contributed by atoms with E-state index in [1.54, 1.807) is 6.08 Å². The Bertz CT molecular complexity index is 711. The van der Waals surface area contributed by atoms with E-state index in [9.17, 15) is 14.7 Å². The first-order valence-electron chi connectivity index (χ1n) is 12.6. The molecular formula is C26H44O4Si. The Morgan fingerprint density at radius 1 is 1.06 bits per heavy atom. The van der Waals surface area contributed by atoms with E-state index in [0.717, 1.165) is 6.42 Å². The molecule has 0 radical (unpaired) electrons. The normalized spacial score (nSPS) is 32.8. The smallest absolute Gasteiger partial charge is 0.317 e. The first-order chi connectivity index (χ1) is 14.5. The second-order valence-corrected chi connectivity index (χ2v) is 16.2. The van der Waals surface area contributed by atoms with Gasteiger partial charge in [0.15, 0.2) is 14.1 Å². The van der Waals surface area contributed by atoms with Crippen LogP contribution in [0.3, 0.4) is 0 Å². The summed E-state index contributed by atoms with van der Waals surface area (Å²) in [6.45, 7) is 13.9. The molecule has 3 aliphatic rings. The van der Waals surface area contributed by atoms with Crippen molar-refractivity contribution in [2.45, 2.75) is 111 Å². The van der Waals surface area contributed by atoms with Crippen molar-refractivity contribution in [3.05, 3.63) is 12.2 Å². The van der Waals surface area contributed by atoms with Crippen molar-refractivity contribution in [1.29, 1.82) is 0 Å². The van der Waals surface area contributed by atoms with Gasteiger partial charge in [-0.05, 0) is 85.4 Å².